The fourth-order valence-corrected chi connectivity index (χ4v) is 4.40. The molecular formula is C22H25BrN4O2. The van der Waals surface area contributed by atoms with Crippen LogP contribution >= 0.6 is 15.9 Å². The molecule has 0 fully saturated rings. The third-order valence-electron chi connectivity index (χ3n) is 5.57. The van der Waals surface area contributed by atoms with Crippen molar-refractivity contribution in [3.8, 4) is 0 Å². The van der Waals surface area contributed by atoms with Crippen LogP contribution in [0.3, 0.4) is 0 Å². The van der Waals surface area contributed by atoms with E-state index in [2.05, 4.69) is 32.3 Å². The predicted octanol–water partition coefficient (Wildman–Crippen LogP) is 3.28. The SMILES string of the molecule is CN(C)CCN(C=O)n1cc2c(c1/C=C1\C(=O)Nc3ccc(Br)cc31)CCCC2. The van der Waals surface area contributed by atoms with Crippen molar-refractivity contribution < 1.29 is 9.59 Å². The van der Waals surface area contributed by atoms with E-state index in [1.54, 1.807) is 5.01 Å². The lowest BCUT2D eigenvalue weighted by Crippen LogP contribution is -2.39. The minimum Gasteiger partial charge on any atom is -0.321 e. The summed E-state index contributed by atoms with van der Waals surface area (Å²) in [5, 5.41) is 4.64. The number of hydrogen-bond donors (Lipinski definition) is 1. The number of aromatic nitrogens is 1. The summed E-state index contributed by atoms with van der Waals surface area (Å²) in [4.78, 5) is 26.7. The van der Waals surface area contributed by atoms with E-state index >= 15 is 0 Å². The molecule has 4 rings (SSSR count). The molecule has 1 aliphatic heterocycles. The molecule has 1 N–H and O–H groups in total. The third kappa shape index (κ3) is 3.89. The second kappa shape index (κ2) is 8.16. The summed E-state index contributed by atoms with van der Waals surface area (Å²) >= 11 is 3.50. The number of nitrogens with zero attached hydrogens (tertiary/aromatic N) is 3. The molecule has 1 aliphatic carbocycles. The molecule has 0 atom stereocenters. The Morgan fingerprint density at radius 1 is 1.21 bits per heavy atom. The lowest BCUT2D eigenvalue weighted by molar-refractivity contribution is -0.111. The van der Waals surface area contributed by atoms with Gasteiger partial charge < -0.3 is 10.2 Å². The highest BCUT2D eigenvalue weighted by Gasteiger charge is 2.27. The molecule has 2 heterocycles. The Morgan fingerprint density at radius 3 is 2.76 bits per heavy atom. The highest BCUT2D eigenvalue weighted by molar-refractivity contribution is 9.10. The van der Waals surface area contributed by atoms with E-state index in [-0.39, 0.29) is 5.91 Å². The average Bonchev–Trinajstić information content (AvgIpc) is 3.20. The van der Waals surface area contributed by atoms with Gasteiger partial charge in [-0.1, -0.05) is 15.9 Å². The number of amides is 2. The molecule has 0 saturated carbocycles. The van der Waals surface area contributed by atoms with Crippen molar-refractivity contribution in [2.24, 2.45) is 0 Å². The van der Waals surface area contributed by atoms with Gasteiger partial charge in [0.25, 0.3) is 5.91 Å². The second-order valence-electron chi connectivity index (χ2n) is 7.84. The second-order valence-corrected chi connectivity index (χ2v) is 8.76. The van der Waals surface area contributed by atoms with E-state index in [1.807, 2.05) is 43.0 Å². The van der Waals surface area contributed by atoms with Gasteiger partial charge in [-0.15, -0.1) is 0 Å². The summed E-state index contributed by atoms with van der Waals surface area (Å²) in [6.07, 6.45) is 9.14. The van der Waals surface area contributed by atoms with E-state index < -0.39 is 0 Å². The molecule has 29 heavy (non-hydrogen) atoms. The minimum atomic E-state index is -0.110. The van der Waals surface area contributed by atoms with Crippen LogP contribution in [0.1, 0.15) is 35.2 Å². The van der Waals surface area contributed by atoms with Crippen LogP contribution in [-0.4, -0.2) is 49.1 Å². The van der Waals surface area contributed by atoms with Crippen LogP contribution in [0.25, 0.3) is 11.6 Å². The number of anilines is 1. The molecule has 0 saturated heterocycles. The van der Waals surface area contributed by atoms with E-state index in [9.17, 15) is 9.59 Å². The molecule has 2 aromatic rings. The van der Waals surface area contributed by atoms with Crippen LogP contribution in [0.4, 0.5) is 5.69 Å². The molecule has 0 bridgehead atoms. The van der Waals surface area contributed by atoms with Gasteiger partial charge in [-0.2, -0.15) is 0 Å². The van der Waals surface area contributed by atoms with Gasteiger partial charge in [-0.25, -0.2) is 0 Å². The Morgan fingerprint density at radius 2 is 2.00 bits per heavy atom. The van der Waals surface area contributed by atoms with Crippen LogP contribution in [0.15, 0.2) is 28.9 Å². The summed E-state index contributed by atoms with van der Waals surface area (Å²) in [6, 6.07) is 5.78. The summed E-state index contributed by atoms with van der Waals surface area (Å²) in [6.45, 7) is 1.34. The molecule has 152 valence electrons. The topological polar surface area (TPSA) is 57.6 Å². The summed E-state index contributed by atoms with van der Waals surface area (Å²) in [5.74, 6) is -0.110. The summed E-state index contributed by atoms with van der Waals surface area (Å²) in [7, 11) is 3.98. The van der Waals surface area contributed by atoms with Crippen molar-refractivity contribution in [1.82, 2.24) is 9.58 Å². The zero-order valence-corrected chi connectivity index (χ0v) is 18.3. The molecule has 0 spiro atoms. The van der Waals surface area contributed by atoms with E-state index in [0.29, 0.717) is 12.1 Å². The van der Waals surface area contributed by atoms with Gasteiger partial charge in [0.05, 0.1) is 17.8 Å². The third-order valence-corrected chi connectivity index (χ3v) is 6.06. The molecule has 1 aromatic heterocycles. The fourth-order valence-electron chi connectivity index (χ4n) is 4.04. The number of fused-ring (bicyclic) bond motifs is 2. The normalized spacial score (nSPS) is 16.7. The first-order chi connectivity index (χ1) is 14.0. The van der Waals surface area contributed by atoms with Gasteiger partial charge in [-0.05, 0) is 75.2 Å². The van der Waals surface area contributed by atoms with Gasteiger partial charge in [0, 0.05) is 28.5 Å². The number of hydrogen-bond acceptors (Lipinski definition) is 3. The number of rotatable bonds is 6. The van der Waals surface area contributed by atoms with E-state index in [0.717, 1.165) is 60.1 Å². The highest BCUT2D eigenvalue weighted by atomic mass is 79.9. The maximum atomic E-state index is 12.7. The molecule has 0 unspecified atom stereocenters. The maximum Gasteiger partial charge on any atom is 0.256 e. The first kappa shape index (κ1) is 19.9. The smallest absolute Gasteiger partial charge is 0.256 e. The Kier molecular flexibility index (Phi) is 5.61. The fraction of sp³-hybridized carbons (Fsp3) is 0.364. The lowest BCUT2D eigenvalue weighted by atomic mass is 9.93. The van der Waals surface area contributed by atoms with Gasteiger partial charge in [-0.3, -0.25) is 19.3 Å². The summed E-state index contributed by atoms with van der Waals surface area (Å²) < 4.78 is 2.86. The average molecular weight is 457 g/mol. The zero-order valence-electron chi connectivity index (χ0n) is 16.7. The van der Waals surface area contributed by atoms with Crippen LogP contribution in [0, 0.1) is 0 Å². The van der Waals surface area contributed by atoms with Crippen LogP contribution in [0.2, 0.25) is 0 Å². The Balaban J connectivity index is 1.82. The number of nitrogens with one attached hydrogen (secondary N) is 1. The molecule has 7 heteroatoms. The van der Waals surface area contributed by atoms with Crippen molar-refractivity contribution in [1.29, 1.82) is 0 Å². The molecule has 0 radical (unpaired) electrons. The molecule has 2 aliphatic rings. The van der Waals surface area contributed by atoms with Gasteiger partial charge in [0.2, 0.25) is 6.41 Å². The molecule has 2 amide bonds. The van der Waals surface area contributed by atoms with Crippen molar-refractivity contribution in [2.45, 2.75) is 25.7 Å². The number of carbonyl (C=O) groups is 2. The Hall–Kier alpha value is -2.38. The van der Waals surface area contributed by atoms with Crippen molar-refractivity contribution in [2.75, 3.05) is 37.5 Å². The molecule has 1 aromatic carbocycles. The first-order valence-corrected chi connectivity index (χ1v) is 10.7. The van der Waals surface area contributed by atoms with E-state index in [4.69, 9.17) is 0 Å². The van der Waals surface area contributed by atoms with Crippen LogP contribution < -0.4 is 10.3 Å². The largest absolute Gasteiger partial charge is 0.321 e. The number of carbonyl (C=O) groups excluding carboxylic acids is 2. The standard InChI is InChI=1S/C22H25BrN4O2/c1-25(2)9-10-26(14-28)27-13-15-5-3-4-6-17(15)21(27)12-19-18-11-16(23)7-8-20(18)24-22(19)29/h7-8,11-14H,3-6,9-10H2,1-2H3,(H,24,29)/b19-12-. The predicted molar refractivity (Wildman–Crippen MR) is 119 cm³/mol. The van der Waals surface area contributed by atoms with Crippen molar-refractivity contribution in [3.63, 3.8) is 0 Å². The molecule has 6 nitrogen and oxygen atoms in total. The van der Waals surface area contributed by atoms with Gasteiger partial charge >= 0.3 is 0 Å². The number of benzene rings is 1. The van der Waals surface area contributed by atoms with Gasteiger partial charge in [0.15, 0.2) is 0 Å². The Labute approximate surface area is 179 Å². The summed E-state index contributed by atoms with van der Waals surface area (Å²) in [5.41, 5.74) is 5.78. The number of likely N-dealkylation sites (N-methyl/N-ethyl adjacent to an activating group) is 1. The quantitative estimate of drug-likeness (QED) is 0.535. The van der Waals surface area contributed by atoms with Gasteiger partial charge in [0.1, 0.15) is 0 Å². The van der Waals surface area contributed by atoms with Crippen molar-refractivity contribution in [3.05, 3.63) is 51.3 Å². The maximum absolute atomic E-state index is 12.7. The highest BCUT2D eigenvalue weighted by Crippen LogP contribution is 2.37. The zero-order chi connectivity index (χ0) is 20.5. The first-order valence-electron chi connectivity index (χ1n) is 9.91. The molecular weight excluding hydrogens is 432 g/mol. The van der Waals surface area contributed by atoms with E-state index in [1.165, 1.54) is 11.1 Å². The van der Waals surface area contributed by atoms with Crippen molar-refractivity contribution >= 4 is 45.6 Å². The number of aryl methyl sites for hydroxylation is 1. The van der Waals surface area contributed by atoms with Crippen LogP contribution in [0.5, 0.6) is 0 Å². The monoisotopic (exact) mass is 456 g/mol. The lowest BCUT2D eigenvalue weighted by Gasteiger charge is -2.23. The Bertz CT molecular complexity index is 993. The number of halogens is 1. The minimum absolute atomic E-state index is 0.110. The van der Waals surface area contributed by atoms with Crippen LogP contribution in [-0.2, 0) is 22.4 Å².